The first-order chi connectivity index (χ1) is 12.3. The standard InChI is InChI=1S/C19H20N2O4S/c1-10(2)9-21-11(3)8-14-15(18(21)23)16(22)17(19(24)25-14)26-13-6-4-12(20)5-7-13/h4-8,10,22H,9,20H2,1-3H3. The molecule has 1 aromatic carbocycles. The van der Waals surface area contributed by atoms with Crippen LogP contribution in [0.1, 0.15) is 19.5 Å². The van der Waals surface area contributed by atoms with Gasteiger partial charge in [0.05, 0.1) is 0 Å². The zero-order valence-electron chi connectivity index (χ0n) is 14.8. The lowest BCUT2D eigenvalue weighted by Gasteiger charge is -2.14. The molecule has 3 N–H and O–H groups in total. The van der Waals surface area contributed by atoms with Crippen molar-refractivity contribution >= 4 is 28.4 Å². The van der Waals surface area contributed by atoms with Gasteiger partial charge in [-0.15, -0.1) is 0 Å². The van der Waals surface area contributed by atoms with Gasteiger partial charge in [0.2, 0.25) is 0 Å². The monoisotopic (exact) mass is 372 g/mol. The van der Waals surface area contributed by atoms with Crippen LogP contribution >= 0.6 is 11.8 Å². The van der Waals surface area contributed by atoms with Crippen molar-refractivity contribution < 1.29 is 9.52 Å². The van der Waals surface area contributed by atoms with Crippen molar-refractivity contribution in [2.75, 3.05) is 5.73 Å². The number of aryl methyl sites for hydroxylation is 1. The normalized spacial score (nSPS) is 11.4. The molecule has 3 rings (SSSR count). The van der Waals surface area contributed by atoms with E-state index in [2.05, 4.69) is 0 Å². The SMILES string of the molecule is Cc1cc2oc(=O)c(Sc3ccc(N)cc3)c(O)c2c(=O)n1CC(C)C. The fourth-order valence-corrected chi connectivity index (χ4v) is 3.56. The van der Waals surface area contributed by atoms with Crippen LogP contribution in [-0.2, 0) is 6.54 Å². The first-order valence-corrected chi connectivity index (χ1v) is 9.03. The minimum absolute atomic E-state index is 0.0145. The molecule has 0 aliphatic carbocycles. The van der Waals surface area contributed by atoms with Crippen LogP contribution < -0.4 is 16.9 Å². The van der Waals surface area contributed by atoms with E-state index >= 15 is 0 Å². The molecule has 0 unspecified atom stereocenters. The zero-order valence-corrected chi connectivity index (χ0v) is 15.6. The van der Waals surface area contributed by atoms with Crippen LogP contribution in [0.3, 0.4) is 0 Å². The van der Waals surface area contributed by atoms with Gasteiger partial charge in [-0.25, -0.2) is 4.79 Å². The van der Waals surface area contributed by atoms with Gasteiger partial charge < -0.3 is 19.8 Å². The fourth-order valence-electron chi connectivity index (χ4n) is 2.73. The van der Waals surface area contributed by atoms with Gasteiger partial charge >= 0.3 is 5.63 Å². The lowest BCUT2D eigenvalue weighted by molar-refractivity contribution is 0.443. The van der Waals surface area contributed by atoms with Crippen molar-refractivity contribution in [1.29, 1.82) is 0 Å². The van der Waals surface area contributed by atoms with Crippen LogP contribution in [0.4, 0.5) is 5.69 Å². The van der Waals surface area contributed by atoms with Crippen molar-refractivity contribution in [3.05, 3.63) is 56.8 Å². The minimum Gasteiger partial charge on any atom is -0.505 e. The number of nitrogens with zero attached hydrogens (tertiary/aromatic N) is 1. The molecule has 0 bridgehead atoms. The number of nitrogen functional groups attached to an aromatic ring is 1. The predicted molar refractivity (Wildman–Crippen MR) is 103 cm³/mol. The molecule has 3 aromatic rings. The van der Waals surface area contributed by atoms with E-state index in [1.807, 2.05) is 13.8 Å². The topological polar surface area (TPSA) is 98.5 Å². The quantitative estimate of drug-likeness (QED) is 0.682. The molecule has 0 spiro atoms. The molecular weight excluding hydrogens is 352 g/mol. The Morgan fingerprint density at radius 2 is 1.88 bits per heavy atom. The van der Waals surface area contributed by atoms with Gasteiger partial charge in [0.25, 0.3) is 5.56 Å². The van der Waals surface area contributed by atoms with Gasteiger partial charge in [-0.3, -0.25) is 4.79 Å². The van der Waals surface area contributed by atoms with Crippen molar-refractivity contribution in [3.8, 4) is 5.75 Å². The van der Waals surface area contributed by atoms with Crippen LogP contribution in [0.2, 0.25) is 0 Å². The molecule has 2 aromatic heterocycles. The van der Waals surface area contributed by atoms with Gasteiger partial charge in [0, 0.05) is 28.9 Å². The second-order valence-corrected chi connectivity index (χ2v) is 7.66. The van der Waals surface area contributed by atoms with Crippen molar-refractivity contribution in [3.63, 3.8) is 0 Å². The van der Waals surface area contributed by atoms with E-state index in [1.165, 1.54) is 0 Å². The van der Waals surface area contributed by atoms with Crippen molar-refractivity contribution in [2.45, 2.75) is 37.1 Å². The van der Waals surface area contributed by atoms with Crippen molar-refractivity contribution in [1.82, 2.24) is 4.57 Å². The van der Waals surface area contributed by atoms with Crippen LogP contribution in [0.15, 0.2) is 54.1 Å². The Balaban J connectivity index is 2.21. The second-order valence-electron chi connectivity index (χ2n) is 6.57. The summed E-state index contributed by atoms with van der Waals surface area (Å²) in [4.78, 5) is 25.9. The Morgan fingerprint density at radius 3 is 2.50 bits per heavy atom. The van der Waals surface area contributed by atoms with Gasteiger partial charge in [-0.05, 0) is 37.1 Å². The molecule has 0 atom stereocenters. The number of hydrogen-bond acceptors (Lipinski definition) is 6. The molecule has 0 saturated heterocycles. The van der Waals surface area contributed by atoms with Crippen LogP contribution in [-0.4, -0.2) is 9.67 Å². The Morgan fingerprint density at radius 1 is 1.23 bits per heavy atom. The smallest absolute Gasteiger partial charge is 0.354 e. The predicted octanol–water partition coefficient (Wildman–Crippen LogP) is 3.36. The molecule has 0 amide bonds. The number of hydrogen-bond donors (Lipinski definition) is 2. The maximum absolute atomic E-state index is 12.9. The number of benzene rings is 1. The summed E-state index contributed by atoms with van der Waals surface area (Å²) in [5.74, 6) is -0.0917. The summed E-state index contributed by atoms with van der Waals surface area (Å²) in [5.41, 5.74) is 5.98. The molecule has 0 aliphatic rings. The number of rotatable bonds is 4. The number of aromatic hydroxyl groups is 1. The third-order valence-corrected chi connectivity index (χ3v) is 5.03. The summed E-state index contributed by atoms with van der Waals surface area (Å²) in [7, 11) is 0. The Hall–Kier alpha value is -2.67. The average molecular weight is 372 g/mol. The van der Waals surface area contributed by atoms with Crippen LogP contribution in [0.25, 0.3) is 11.0 Å². The third kappa shape index (κ3) is 3.35. The highest BCUT2D eigenvalue weighted by Gasteiger charge is 2.20. The third-order valence-electron chi connectivity index (χ3n) is 3.96. The maximum atomic E-state index is 12.9. The summed E-state index contributed by atoms with van der Waals surface area (Å²) < 4.78 is 6.90. The number of pyridine rings is 1. The van der Waals surface area contributed by atoms with E-state index in [1.54, 1.807) is 41.8 Å². The summed E-state index contributed by atoms with van der Waals surface area (Å²) in [6.07, 6.45) is 0. The molecule has 0 saturated carbocycles. The molecule has 0 radical (unpaired) electrons. The van der Waals surface area contributed by atoms with E-state index in [4.69, 9.17) is 10.2 Å². The Labute approximate surface area is 154 Å². The van der Waals surface area contributed by atoms with Crippen LogP contribution in [0.5, 0.6) is 5.75 Å². The number of anilines is 1. The van der Waals surface area contributed by atoms with E-state index in [0.717, 1.165) is 11.8 Å². The maximum Gasteiger partial charge on any atom is 0.354 e. The van der Waals surface area contributed by atoms with Gasteiger partial charge in [-0.1, -0.05) is 25.6 Å². The van der Waals surface area contributed by atoms with Gasteiger partial charge in [-0.2, -0.15) is 0 Å². The highest BCUT2D eigenvalue weighted by atomic mass is 32.2. The largest absolute Gasteiger partial charge is 0.505 e. The Bertz CT molecular complexity index is 1080. The highest BCUT2D eigenvalue weighted by molar-refractivity contribution is 7.99. The van der Waals surface area contributed by atoms with Crippen LogP contribution in [0, 0.1) is 12.8 Å². The second kappa shape index (κ2) is 6.92. The molecule has 7 heteroatoms. The summed E-state index contributed by atoms with van der Waals surface area (Å²) >= 11 is 1.04. The van der Waals surface area contributed by atoms with E-state index in [0.29, 0.717) is 22.8 Å². The Kier molecular flexibility index (Phi) is 4.82. The summed E-state index contributed by atoms with van der Waals surface area (Å²) in [6.45, 7) is 6.30. The number of nitrogens with two attached hydrogens (primary N) is 1. The van der Waals surface area contributed by atoms with E-state index in [9.17, 15) is 14.7 Å². The lowest BCUT2D eigenvalue weighted by atomic mass is 10.2. The lowest BCUT2D eigenvalue weighted by Crippen LogP contribution is -2.25. The van der Waals surface area contributed by atoms with Crippen molar-refractivity contribution in [2.24, 2.45) is 5.92 Å². The zero-order chi connectivity index (χ0) is 19.0. The van der Waals surface area contributed by atoms with Gasteiger partial charge in [0.1, 0.15) is 15.9 Å². The summed E-state index contributed by atoms with van der Waals surface area (Å²) in [5, 5.41) is 10.7. The molecule has 26 heavy (non-hydrogen) atoms. The first kappa shape index (κ1) is 18.1. The minimum atomic E-state index is -0.683. The molecular formula is C19H20N2O4S. The summed E-state index contributed by atoms with van der Waals surface area (Å²) in [6, 6.07) is 8.46. The molecule has 0 aliphatic heterocycles. The molecule has 6 nitrogen and oxygen atoms in total. The first-order valence-electron chi connectivity index (χ1n) is 8.21. The van der Waals surface area contributed by atoms with E-state index < -0.39 is 5.63 Å². The highest BCUT2D eigenvalue weighted by Crippen LogP contribution is 2.35. The van der Waals surface area contributed by atoms with Gasteiger partial charge in [0.15, 0.2) is 5.75 Å². The molecule has 2 heterocycles. The van der Waals surface area contributed by atoms with E-state index in [-0.39, 0.29) is 33.1 Å². The fraction of sp³-hybridized carbons (Fsp3) is 0.263. The number of aromatic nitrogens is 1. The average Bonchev–Trinajstić information content (AvgIpc) is 2.56. The molecule has 136 valence electrons. The number of fused-ring (bicyclic) bond motifs is 1. The molecule has 0 fully saturated rings.